The van der Waals surface area contributed by atoms with Gasteiger partial charge in [-0.2, -0.15) is 0 Å². The van der Waals surface area contributed by atoms with E-state index >= 15 is 0 Å². The fraction of sp³-hybridized carbons (Fsp3) is 0.647. The van der Waals surface area contributed by atoms with Crippen LogP contribution in [-0.2, 0) is 6.54 Å². The molecule has 1 aromatic carbocycles. The van der Waals surface area contributed by atoms with Gasteiger partial charge in [-0.05, 0) is 45.5 Å². The van der Waals surface area contributed by atoms with Crippen molar-refractivity contribution in [2.75, 3.05) is 26.7 Å². The van der Waals surface area contributed by atoms with Gasteiger partial charge in [0.25, 0.3) is 0 Å². The first-order valence-corrected chi connectivity index (χ1v) is 7.93. The fourth-order valence-electron chi connectivity index (χ4n) is 2.86. The van der Waals surface area contributed by atoms with Crippen molar-refractivity contribution in [1.82, 2.24) is 10.2 Å². The molecule has 1 N–H and O–H groups in total. The molecule has 0 aromatic heterocycles. The third-order valence-corrected chi connectivity index (χ3v) is 4.17. The maximum atomic E-state index is 6.02. The molecule has 1 heterocycles. The van der Waals surface area contributed by atoms with E-state index in [1.165, 1.54) is 31.4 Å². The third-order valence-electron chi connectivity index (χ3n) is 4.17. The molecule has 0 amide bonds. The van der Waals surface area contributed by atoms with Crippen molar-refractivity contribution in [3.8, 4) is 5.75 Å². The van der Waals surface area contributed by atoms with Crippen LogP contribution in [0.15, 0.2) is 24.3 Å². The van der Waals surface area contributed by atoms with Gasteiger partial charge in [0.2, 0.25) is 0 Å². The Labute approximate surface area is 123 Å². The molecule has 1 aliphatic heterocycles. The van der Waals surface area contributed by atoms with Crippen LogP contribution in [0.5, 0.6) is 5.75 Å². The average Bonchev–Trinajstić information content (AvgIpc) is 2.48. The Morgan fingerprint density at radius 1 is 1.30 bits per heavy atom. The molecular formula is C17H28N2O. The van der Waals surface area contributed by atoms with Crippen LogP contribution < -0.4 is 10.1 Å². The number of benzene rings is 1. The van der Waals surface area contributed by atoms with Crippen molar-refractivity contribution in [2.24, 2.45) is 0 Å². The van der Waals surface area contributed by atoms with E-state index in [-0.39, 0.29) is 0 Å². The lowest BCUT2D eigenvalue weighted by Gasteiger charge is -2.32. The van der Waals surface area contributed by atoms with Gasteiger partial charge in [0, 0.05) is 18.2 Å². The highest BCUT2D eigenvalue weighted by Gasteiger charge is 2.18. The molecule has 0 spiro atoms. The molecule has 0 saturated carbocycles. The molecule has 112 valence electrons. The van der Waals surface area contributed by atoms with E-state index in [0.717, 1.165) is 31.9 Å². The molecule has 0 bridgehead atoms. The summed E-state index contributed by atoms with van der Waals surface area (Å²) >= 11 is 0. The van der Waals surface area contributed by atoms with Gasteiger partial charge in [-0.3, -0.25) is 0 Å². The lowest BCUT2D eigenvalue weighted by Crippen LogP contribution is -2.37. The highest BCUT2D eigenvalue weighted by atomic mass is 16.5. The topological polar surface area (TPSA) is 24.5 Å². The summed E-state index contributed by atoms with van der Waals surface area (Å²) in [4.78, 5) is 2.48. The molecule has 3 nitrogen and oxygen atoms in total. The van der Waals surface area contributed by atoms with E-state index in [1.807, 2.05) is 0 Å². The second-order valence-corrected chi connectivity index (χ2v) is 5.66. The molecule has 0 radical (unpaired) electrons. The molecule has 3 heteroatoms. The number of piperidine rings is 1. The first kappa shape index (κ1) is 15.3. The van der Waals surface area contributed by atoms with Crippen molar-refractivity contribution in [3.05, 3.63) is 29.8 Å². The van der Waals surface area contributed by atoms with Crippen LogP contribution in [0, 0.1) is 0 Å². The van der Waals surface area contributed by atoms with Crippen molar-refractivity contribution in [3.63, 3.8) is 0 Å². The van der Waals surface area contributed by atoms with Gasteiger partial charge in [-0.15, -0.1) is 0 Å². The maximum Gasteiger partial charge on any atom is 0.123 e. The summed E-state index contributed by atoms with van der Waals surface area (Å²) in [6.45, 7) is 6.05. The van der Waals surface area contributed by atoms with Gasteiger partial charge in [-0.25, -0.2) is 0 Å². The van der Waals surface area contributed by atoms with Gasteiger partial charge in [0.15, 0.2) is 0 Å². The summed E-state index contributed by atoms with van der Waals surface area (Å²) < 4.78 is 6.02. The van der Waals surface area contributed by atoms with E-state index in [4.69, 9.17) is 4.74 Å². The largest absolute Gasteiger partial charge is 0.493 e. The fourth-order valence-corrected chi connectivity index (χ4v) is 2.86. The quantitative estimate of drug-likeness (QED) is 0.828. The summed E-state index contributed by atoms with van der Waals surface area (Å²) in [7, 11) is 2.24. The van der Waals surface area contributed by atoms with Gasteiger partial charge in [0.05, 0.1) is 6.61 Å². The van der Waals surface area contributed by atoms with Crippen LogP contribution in [0.4, 0.5) is 0 Å². The molecule has 1 fully saturated rings. The van der Waals surface area contributed by atoms with E-state index in [0.29, 0.717) is 6.04 Å². The minimum Gasteiger partial charge on any atom is -0.493 e. The zero-order valence-corrected chi connectivity index (χ0v) is 12.9. The molecule has 1 atom stereocenters. The van der Waals surface area contributed by atoms with Gasteiger partial charge >= 0.3 is 0 Å². The SMILES string of the molecule is CCNCc1ccccc1OCCC1CCCCN1C. The first-order chi connectivity index (χ1) is 9.81. The number of hydrogen-bond acceptors (Lipinski definition) is 3. The zero-order valence-electron chi connectivity index (χ0n) is 12.9. The first-order valence-electron chi connectivity index (χ1n) is 7.93. The number of hydrogen-bond donors (Lipinski definition) is 1. The molecule has 1 saturated heterocycles. The molecular weight excluding hydrogens is 248 g/mol. The Balaban J connectivity index is 1.81. The Bertz CT molecular complexity index is 394. The third kappa shape index (κ3) is 4.50. The highest BCUT2D eigenvalue weighted by molar-refractivity contribution is 5.33. The number of nitrogens with one attached hydrogen (secondary N) is 1. The maximum absolute atomic E-state index is 6.02. The van der Waals surface area contributed by atoms with Gasteiger partial charge < -0.3 is 15.0 Å². The predicted octanol–water partition coefficient (Wildman–Crippen LogP) is 3.05. The molecule has 0 aliphatic carbocycles. The molecule has 1 unspecified atom stereocenters. The number of ether oxygens (including phenoxy) is 1. The smallest absolute Gasteiger partial charge is 0.123 e. The predicted molar refractivity (Wildman–Crippen MR) is 84.2 cm³/mol. The van der Waals surface area contributed by atoms with Crippen molar-refractivity contribution in [1.29, 1.82) is 0 Å². The normalized spacial score (nSPS) is 20.0. The number of likely N-dealkylation sites (tertiary alicyclic amines) is 1. The van der Waals surface area contributed by atoms with Crippen molar-refractivity contribution >= 4 is 0 Å². The summed E-state index contributed by atoms with van der Waals surface area (Å²) in [5.74, 6) is 1.03. The Hall–Kier alpha value is -1.06. The lowest BCUT2D eigenvalue weighted by molar-refractivity contribution is 0.152. The Kier molecular flexibility index (Phi) is 6.34. The summed E-state index contributed by atoms with van der Waals surface area (Å²) in [5, 5.41) is 3.36. The molecule has 20 heavy (non-hydrogen) atoms. The van der Waals surface area contributed by atoms with Crippen LogP contribution in [0.2, 0.25) is 0 Å². The van der Waals surface area contributed by atoms with E-state index < -0.39 is 0 Å². The molecule has 1 aromatic rings. The van der Waals surface area contributed by atoms with Crippen LogP contribution >= 0.6 is 0 Å². The van der Waals surface area contributed by atoms with Gasteiger partial charge in [-0.1, -0.05) is 31.5 Å². The van der Waals surface area contributed by atoms with Crippen LogP contribution in [-0.4, -0.2) is 37.7 Å². The minimum atomic E-state index is 0.699. The van der Waals surface area contributed by atoms with E-state index in [9.17, 15) is 0 Å². The molecule has 2 rings (SSSR count). The highest BCUT2D eigenvalue weighted by Crippen LogP contribution is 2.21. The second kappa shape index (κ2) is 8.28. The van der Waals surface area contributed by atoms with Crippen molar-refractivity contribution < 1.29 is 4.74 Å². The standard InChI is InChI=1S/C17H28N2O/c1-3-18-14-15-8-4-5-10-17(15)20-13-11-16-9-6-7-12-19(16)2/h4-5,8,10,16,18H,3,6-7,9,11-14H2,1-2H3. The van der Waals surface area contributed by atoms with Crippen LogP contribution in [0.1, 0.15) is 38.2 Å². The minimum absolute atomic E-state index is 0.699. The lowest BCUT2D eigenvalue weighted by atomic mass is 10.0. The molecule has 1 aliphatic rings. The van der Waals surface area contributed by atoms with E-state index in [1.54, 1.807) is 0 Å². The van der Waals surface area contributed by atoms with Crippen LogP contribution in [0.3, 0.4) is 0 Å². The zero-order chi connectivity index (χ0) is 14.2. The summed E-state index contributed by atoms with van der Waals surface area (Å²) in [6.07, 6.45) is 5.16. The average molecular weight is 276 g/mol. The second-order valence-electron chi connectivity index (χ2n) is 5.66. The van der Waals surface area contributed by atoms with Gasteiger partial charge in [0.1, 0.15) is 5.75 Å². The number of para-hydroxylation sites is 1. The Morgan fingerprint density at radius 3 is 2.95 bits per heavy atom. The van der Waals surface area contributed by atoms with Crippen LogP contribution in [0.25, 0.3) is 0 Å². The van der Waals surface area contributed by atoms with E-state index in [2.05, 4.69) is 48.5 Å². The monoisotopic (exact) mass is 276 g/mol. The number of rotatable bonds is 7. The Morgan fingerprint density at radius 2 is 2.15 bits per heavy atom. The summed E-state index contributed by atoms with van der Waals surface area (Å²) in [6, 6.07) is 9.05. The van der Waals surface area contributed by atoms with Crippen molar-refractivity contribution in [2.45, 2.75) is 45.2 Å². The number of nitrogens with zero attached hydrogens (tertiary/aromatic N) is 1. The summed E-state index contributed by atoms with van der Waals surface area (Å²) in [5.41, 5.74) is 1.26.